The minimum absolute atomic E-state index is 0.175. The van der Waals surface area contributed by atoms with Gasteiger partial charge < -0.3 is 30.7 Å². The number of benzene rings is 1. The first-order valence-corrected chi connectivity index (χ1v) is 10.7. The van der Waals surface area contributed by atoms with Gasteiger partial charge in [-0.15, -0.1) is 5.10 Å². The summed E-state index contributed by atoms with van der Waals surface area (Å²) in [6.07, 6.45) is 2.76. The molecule has 0 aliphatic carbocycles. The fraction of sp³-hybridized carbons (Fsp3) is 0.381. The van der Waals surface area contributed by atoms with Gasteiger partial charge in [-0.25, -0.2) is 14.8 Å². The highest BCUT2D eigenvalue weighted by atomic mass is 16.6. The lowest BCUT2D eigenvalue weighted by molar-refractivity contribution is 0.0983. The van der Waals surface area contributed by atoms with E-state index in [9.17, 15) is 4.79 Å². The first-order chi connectivity index (χ1) is 16.1. The van der Waals surface area contributed by atoms with Crippen molar-refractivity contribution in [2.45, 2.75) is 25.8 Å². The van der Waals surface area contributed by atoms with Crippen LogP contribution in [0.4, 0.5) is 28.2 Å². The van der Waals surface area contributed by atoms with Crippen LogP contribution in [0.5, 0.6) is 5.75 Å². The van der Waals surface area contributed by atoms with Gasteiger partial charge in [0, 0.05) is 25.2 Å². The van der Waals surface area contributed by atoms with Gasteiger partial charge in [0.15, 0.2) is 5.82 Å². The highest BCUT2D eigenvalue weighted by Crippen LogP contribution is 2.26. The standard InChI is InChI=1S/C21H27N9O3/c1-3-33-21(31)29-10-8-14(9-11-29)25-17-12-18(24-13-23-17)30-19(22)27-20(28-30)26-15-6-4-5-7-16(15)32-2/h4-7,12-14H,3,8-11H2,1-2H3,(H,23,24,25)(H3,22,26,27,28). The number of rotatable bonds is 7. The molecule has 0 radical (unpaired) electrons. The summed E-state index contributed by atoms with van der Waals surface area (Å²) in [5, 5.41) is 10.9. The molecule has 4 rings (SSSR count). The Morgan fingerprint density at radius 1 is 1.24 bits per heavy atom. The number of carbonyl (C=O) groups excluding carboxylic acids is 1. The molecule has 1 amide bonds. The predicted molar refractivity (Wildman–Crippen MR) is 123 cm³/mol. The van der Waals surface area contributed by atoms with E-state index in [0.29, 0.717) is 43.0 Å². The van der Waals surface area contributed by atoms with Crippen LogP contribution in [0.1, 0.15) is 19.8 Å². The maximum absolute atomic E-state index is 11.9. The molecule has 0 atom stereocenters. The second-order valence-corrected chi connectivity index (χ2v) is 7.40. The number of hydrogen-bond acceptors (Lipinski definition) is 10. The number of aromatic nitrogens is 5. The van der Waals surface area contributed by atoms with Crippen LogP contribution in [0.3, 0.4) is 0 Å². The minimum atomic E-state index is -0.264. The number of ether oxygens (including phenoxy) is 2. The van der Waals surface area contributed by atoms with E-state index in [2.05, 4.69) is 30.7 Å². The molecule has 0 spiro atoms. The molecule has 0 unspecified atom stereocenters. The Hall–Kier alpha value is -4.09. The predicted octanol–water partition coefficient (Wildman–Crippen LogP) is 2.42. The van der Waals surface area contributed by atoms with E-state index in [-0.39, 0.29) is 18.1 Å². The van der Waals surface area contributed by atoms with Crippen LogP contribution in [0, 0.1) is 0 Å². The van der Waals surface area contributed by atoms with E-state index in [0.717, 1.165) is 18.5 Å². The van der Waals surface area contributed by atoms with E-state index >= 15 is 0 Å². The molecule has 4 N–H and O–H groups in total. The van der Waals surface area contributed by atoms with Gasteiger partial charge in [-0.05, 0) is 31.9 Å². The van der Waals surface area contributed by atoms with E-state index in [1.165, 1.54) is 11.0 Å². The Balaban J connectivity index is 1.42. The van der Waals surface area contributed by atoms with Crippen molar-refractivity contribution in [2.75, 3.05) is 43.2 Å². The average molecular weight is 454 g/mol. The first-order valence-electron chi connectivity index (χ1n) is 10.7. The Kier molecular flexibility index (Phi) is 6.72. The molecule has 2 aromatic heterocycles. The SMILES string of the molecule is CCOC(=O)N1CCC(Nc2cc(-n3nc(Nc4ccccc4OC)nc3N)ncn2)CC1. The number of nitrogens with two attached hydrogens (primary N) is 1. The zero-order valence-electron chi connectivity index (χ0n) is 18.6. The number of nitrogens with zero attached hydrogens (tertiary/aromatic N) is 6. The number of piperidine rings is 1. The lowest BCUT2D eigenvalue weighted by atomic mass is 10.1. The Morgan fingerprint density at radius 3 is 2.79 bits per heavy atom. The van der Waals surface area contributed by atoms with Gasteiger partial charge in [-0.3, -0.25) is 0 Å². The molecule has 1 aromatic carbocycles. The number of carbonyl (C=O) groups is 1. The summed E-state index contributed by atoms with van der Waals surface area (Å²) < 4.78 is 11.9. The summed E-state index contributed by atoms with van der Waals surface area (Å²) in [5.41, 5.74) is 6.81. The number of likely N-dealkylation sites (tertiary alicyclic amines) is 1. The molecule has 1 aliphatic heterocycles. The zero-order chi connectivity index (χ0) is 23.2. The molecular weight excluding hydrogens is 426 g/mol. The molecule has 33 heavy (non-hydrogen) atoms. The molecule has 12 heteroatoms. The summed E-state index contributed by atoms with van der Waals surface area (Å²) in [6, 6.07) is 9.38. The fourth-order valence-corrected chi connectivity index (χ4v) is 3.59. The molecule has 174 valence electrons. The summed E-state index contributed by atoms with van der Waals surface area (Å²) in [7, 11) is 1.59. The van der Waals surface area contributed by atoms with Crippen LogP contribution in [-0.2, 0) is 4.74 Å². The van der Waals surface area contributed by atoms with Crippen LogP contribution in [0.25, 0.3) is 5.82 Å². The van der Waals surface area contributed by atoms with Crippen molar-refractivity contribution in [3.63, 3.8) is 0 Å². The molecular formula is C21H27N9O3. The van der Waals surface area contributed by atoms with Crippen molar-refractivity contribution in [3.05, 3.63) is 36.7 Å². The monoisotopic (exact) mass is 453 g/mol. The van der Waals surface area contributed by atoms with E-state index in [1.54, 1.807) is 25.0 Å². The lowest BCUT2D eigenvalue weighted by Crippen LogP contribution is -2.42. The molecule has 1 aliphatic rings. The summed E-state index contributed by atoms with van der Waals surface area (Å²) in [6.45, 7) is 3.44. The normalized spacial score (nSPS) is 14.1. The Bertz CT molecular complexity index is 1100. The largest absolute Gasteiger partial charge is 0.495 e. The maximum Gasteiger partial charge on any atom is 0.409 e. The third-order valence-corrected chi connectivity index (χ3v) is 5.23. The number of amides is 1. The van der Waals surface area contributed by atoms with Gasteiger partial charge in [-0.1, -0.05) is 12.1 Å². The van der Waals surface area contributed by atoms with Crippen molar-refractivity contribution >= 4 is 29.5 Å². The van der Waals surface area contributed by atoms with Crippen molar-refractivity contribution < 1.29 is 14.3 Å². The van der Waals surface area contributed by atoms with Gasteiger partial charge in [0.1, 0.15) is 17.9 Å². The van der Waals surface area contributed by atoms with Crippen LogP contribution >= 0.6 is 0 Å². The van der Waals surface area contributed by atoms with Gasteiger partial charge in [-0.2, -0.15) is 9.67 Å². The number of hydrogen-bond donors (Lipinski definition) is 3. The molecule has 3 heterocycles. The number of anilines is 4. The maximum atomic E-state index is 11.9. The second-order valence-electron chi connectivity index (χ2n) is 7.40. The van der Waals surface area contributed by atoms with E-state index in [1.807, 2.05) is 24.3 Å². The Morgan fingerprint density at radius 2 is 2.03 bits per heavy atom. The highest BCUT2D eigenvalue weighted by molar-refractivity contribution is 5.67. The summed E-state index contributed by atoms with van der Waals surface area (Å²) in [5.74, 6) is 2.28. The van der Waals surface area contributed by atoms with Crippen molar-refractivity contribution in [3.8, 4) is 11.6 Å². The smallest absolute Gasteiger partial charge is 0.409 e. The number of para-hydroxylation sites is 2. The van der Waals surface area contributed by atoms with Gasteiger partial charge in [0.05, 0.1) is 19.4 Å². The highest BCUT2D eigenvalue weighted by Gasteiger charge is 2.24. The average Bonchev–Trinajstić information content (AvgIpc) is 3.20. The molecule has 1 fully saturated rings. The minimum Gasteiger partial charge on any atom is -0.495 e. The van der Waals surface area contributed by atoms with Crippen LogP contribution in [-0.4, -0.2) is 68.6 Å². The van der Waals surface area contributed by atoms with Crippen molar-refractivity contribution in [1.29, 1.82) is 0 Å². The number of methoxy groups -OCH3 is 1. The third kappa shape index (κ3) is 5.22. The summed E-state index contributed by atoms with van der Waals surface area (Å²) in [4.78, 5) is 26.5. The van der Waals surface area contributed by atoms with Crippen LogP contribution in [0.2, 0.25) is 0 Å². The van der Waals surface area contributed by atoms with Crippen LogP contribution < -0.4 is 21.1 Å². The number of nitrogens with one attached hydrogen (secondary N) is 2. The zero-order valence-corrected chi connectivity index (χ0v) is 18.6. The first kappa shape index (κ1) is 22.1. The molecule has 0 saturated carbocycles. The van der Waals surface area contributed by atoms with E-state index < -0.39 is 0 Å². The van der Waals surface area contributed by atoms with Crippen molar-refractivity contribution in [2.24, 2.45) is 0 Å². The van der Waals surface area contributed by atoms with E-state index in [4.69, 9.17) is 15.2 Å². The third-order valence-electron chi connectivity index (χ3n) is 5.23. The topological polar surface area (TPSA) is 145 Å². The second kappa shape index (κ2) is 10.0. The van der Waals surface area contributed by atoms with Gasteiger partial charge >= 0.3 is 6.09 Å². The lowest BCUT2D eigenvalue weighted by Gasteiger charge is -2.31. The van der Waals surface area contributed by atoms with Crippen molar-refractivity contribution in [1.82, 2.24) is 29.6 Å². The quantitative estimate of drug-likeness (QED) is 0.487. The summed E-state index contributed by atoms with van der Waals surface area (Å²) >= 11 is 0. The van der Waals surface area contributed by atoms with Gasteiger partial charge in [0.25, 0.3) is 0 Å². The van der Waals surface area contributed by atoms with Gasteiger partial charge in [0.2, 0.25) is 11.9 Å². The van der Waals surface area contributed by atoms with Crippen LogP contribution in [0.15, 0.2) is 36.7 Å². The number of nitrogen functional groups attached to an aromatic ring is 1. The fourth-order valence-electron chi connectivity index (χ4n) is 3.59. The molecule has 1 saturated heterocycles. The molecule has 3 aromatic rings. The Labute approximate surface area is 191 Å². The molecule has 12 nitrogen and oxygen atoms in total. The molecule has 0 bridgehead atoms.